The van der Waals surface area contributed by atoms with Gasteiger partial charge in [-0.15, -0.1) is 0 Å². The summed E-state index contributed by atoms with van der Waals surface area (Å²) < 4.78 is 5.91. The standard InChI is InChI=1S/C17H27NO/c1-2-19-17(15-11-7-4-8-12-15)16(18)13-14-9-5-3-6-10-14/h4,7-8,11-12,14,16-17H,2-3,5-6,9-10,13,18H2,1H3. The predicted octanol–water partition coefficient (Wildman–Crippen LogP) is 4.06. The number of nitrogens with two attached hydrogens (primary N) is 1. The van der Waals surface area contributed by atoms with E-state index < -0.39 is 0 Å². The second-order valence-corrected chi connectivity index (χ2v) is 5.69. The molecule has 2 heteroatoms. The lowest BCUT2D eigenvalue weighted by Gasteiger charge is -2.29. The van der Waals surface area contributed by atoms with Gasteiger partial charge in [-0.25, -0.2) is 0 Å². The van der Waals surface area contributed by atoms with E-state index in [2.05, 4.69) is 24.3 Å². The van der Waals surface area contributed by atoms with E-state index in [0.717, 1.165) is 18.9 Å². The van der Waals surface area contributed by atoms with Crippen molar-refractivity contribution in [2.24, 2.45) is 11.7 Å². The highest BCUT2D eigenvalue weighted by Crippen LogP contribution is 2.31. The first-order valence-electron chi connectivity index (χ1n) is 7.73. The third-order valence-corrected chi connectivity index (χ3v) is 4.19. The Kier molecular flexibility index (Phi) is 5.87. The van der Waals surface area contributed by atoms with Gasteiger partial charge in [-0.3, -0.25) is 0 Å². The summed E-state index contributed by atoms with van der Waals surface area (Å²) in [5, 5.41) is 0. The molecule has 2 N–H and O–H groups in total. The lowest BCUT2D eigenvalue weighted by Crippen LogP contribution is -2.33. The Bertz CT molecular complexity index is 346. The molecule has 19 heavy (non-hydrogen) atoms. The van der Waals surface area contributed by atoms with Gasteiger partial charge >= 0.3 is 0 Å². The van der Waals surface area contributed by atoms with E-state index in [9.17, 15) is 0 Å². The van der Waals surface area contributed by atoms with Crippen molar-refractivity contribution in [1.29, 1.82) is 0 Å². The van der Waals surface area contributed by atoms with E-state index in [1.165, 1.54) is 37.7 Å². The van der Waals surface area contributed by atoms with E-state index >= 15 is 0 Å². The van der Waals surface area contributed by atoms with Crippen LogP contribution in [0.2, 0.25) is 0 Å². The average Bonchev–Trinajstić information content (AvgIpc) is 2.46. The van der Waals surface area contributed by atoms with Gasteiger partial charge in [-0.2, -0.15) is 0 Å². The highest BCUT2D eigenvalue weighted by molar-refractivity contribution is 5.19. The summed E-state index contributed by atoms with van der Waals surface area (Å²) in [7, 11) is 0. The highest BCUT2D eigenvalue weighted by atomic mass is 16.5. The second-order valence-electron chi connectivity index (χ2n) is 5.69. The Morgan fingerprint density at radius 3 is 2.47 bits per heavy atom. The summed E-state index contributed by atoms with van der Waals surface area (Å²) in [6.07, 6.45) is 8.00. The minimum Gasteiger partial charge on any atom is -0.372 e. The monoisotopic (exact) mass is 261 g/mol. The number of benzene rings is 1. The summed E-state index contributed by atoms with van der Waals surface area (Å²) in [6, 6.07) is 10.5. The molecule has 0 aliphatic heterocycles. The Morgan fingerprint density at radius 2 is 1.84 bits per heavy atom. The van der Waals surface area contributed by atoms with Gasteiger partial charge in [-0.1, -0.05) is 62.4 Å². The molecule has 0 heterocycles. The van der Waals surface area contributed by atoms with Crippen LogP contribution < -0.4 is 5.73 Å². The maximum absolute atomic E-state index is 6.44. The van der Waals surface area contributed by atoms with Crippen molar-refractivity contribution >= 4 is 0 Å². The Hall–Kier alpha value is -0.860. The van der Waals surface area contributed by atoms with E-state index in [1.807, 2.05) is 13.0 Å². The van der Waals surface area contributed by atoms with Gasteiger partial charge in [0.05, 0.1) is 6.10 Å². The molecule has 0 spiro atoms. The molecule has 2 rings (SSSR count). The molecule has 0 saturated heterocycles. The number of hydrogen-bond acceptors (Lipinski definition) is 2. The zero-order chi connectivity index (χ0) is 13.5. The molecule has 2 nitrogen and oxygen atoms in total. The first-order chi connectivity index (χ1) is 9.31. The van der Waals surface area contributed by atoms with Crippen LogP contribution in [0.15, 0.2) is 30.3 Å². The SMILES string of the molecule is CCOC(c1ccccc1)C(N)CC1CCCCC1. The molecule has 1 aliphatic carbocycles. The fraction of sp³-hybridized carbons (Fsp3) is 0.647. The third kappa shape index (κ3) is 4.32. The Morgan fingerprint density at radius 1 is 1.16 bits per heavy atom. The number of rotatable bonds is 6. The van der Waals surface area contributed by atoms with Crippen LogP contribution in [0.3, 0.4) is 0 Å². The number of hydrogen-bond donors (Lipinski definition) is 1. The molecule has 0 amide bonds. The first kappa shape index (κ1) is 14.5. The van der Waals surface area contributed by atoms with Crippen LogP contribution in [0.25, 0.3) is 0 Å². The van der Waals surface area contributed by atoms with Crippen LogP contribution in [-0.4, -0.2) is 12.6 Å². The van der Waals surface area contributed by atoms with Gasteiger partial charge in [0.25, 0.3) is 0 Å². The van der Waals surface area contributed by atoms with Crippen molar-refractivity contribution in [3.8, 4) is 0 Å². The fourth-order valence-corrected chi connectivity index (χ4v) is 3.22. The molecule has 0 radical (unpaired) electrons. The summed E-state index contributed by atoms with van der Waals surface area (Å²) in [5.41, 5.74) is 7.66. The molecule has 1 aliphatic rings. The summed E-state index contributed by atoms with van der Waals surface area (Å²) in [5.74, 6) is 0.801. The Balaban J connectivity index is 1.97. The normalized spacial score (nSPS) is 20.1. The van der Waals surface area contributed by atoms with Crippen molar-refractivity contribution in [3.63, 3.8) is 0 Å². The van der Waals surface area contributed by atoms with E-state index in [4.69, 9.17) is 10.5 Å². The van der Waals surface area contributed by atoms with Crippen LogP contribution in [0.1, 0.15) is 57.1 Å². The van der Waals surface area contributed by atoms with Gasteiger partial charge in [0, 0.05) is 12.6 Å². The van der Waals surface area contributed by atoms with Gasteiger partial charge in [0.15, 0.2) is 0 Å². The molecule has 1 fully saturated rings. The molecule has 106 valence electrons. The lowest BCUT2D eigenvalue weighted by atomic mass is 9.83. The summed E-state index contributed by atoms with van der Waals surface area (Å²) in [4.78, 5) is 0. The van der Waals surface area contributed by atoms with Gasteiger partial charge in [-0.05, 0) is 24.8 Å². The molecule has 0 aromatic heterocycles. The molecule has 1 aromatic rings. The first-order valence-corrected chi connectivity index (χ1v) is 7.73. The van der Waals surface area contributed by atoms with Gasteiger partial charge in [0.1, 0.15) is 0 Å². The molecule has 2 atom stereocenters. The Labute approximate surface area is 117 Å². The summed E-state index contributed by atoms with van der Waals surface area (Å²) in [6.45, 7) is 2.77. The maximum atomic E-state index is 6.44. The van der Waals surface area contributed by atoms with Gasteiger partial charge < -0.3 is 10.5 Å². The van der Waals surface area contributed by atoms with Crippen molar-refractivity contribution in [2.75, 3.05) is 6.61 Å². The molecule has 1 saturated carbocycles. The smallest absolute Gasteiger partial charge is 0.0975 e. The van der Waals surface area contributed by atoms with Crippen molar-refractivity contribution in [1.82, 2.24) is 0 Å². The quantitative estimate of drug-likeness (QED) is 0.838. The topological polar surface area (TPSA) is 35.2 Å². The number of ether oxygens (including phenoxy) is 1. The molecular formula is C17H27NO. The van der Waals surface area contributed by atoms with Crippen LogP contribution in [0, 0.1) is 5.92 Å². The lowest BCUT2D eigenvalue weighted by molar-refractivity contribution is 0.0354. The van der Waals surface area contributed by atoms with Crippen LogP contribution in [0.4, 0.5) is 0 Å². The molecule has 0 bridgehead atoms. The molecule has 2 unspecified atom stereocenters. The molecule has 1 aromatic carbocycles. The minimum absolute atomic E-state index is 0.0492. The zero-order valence-corrected chi connectivity index (χ0v) is 12.1. The average molecular weight is 261 g/mol. The minimum atomic E-state index is 0.0492. The van der Waals surface area contributed by atoms with Crippen LogP contribution >= 0.6 is 0 Å². The second kappa shape index (κ2) is 7.66. The van der Waals surface area contributed by atoms with E-state index in [1.54, 1.807) is 0 Å². The van der Waals surface area contributed by atoms with Gasteiger partial charge in [0.2, 0.25) is 0 Å². The highest BCUT2D eigenvalue weighted by Gasteiger charge is 2.24. The van der Waals surface area contributed by atoms with Crippen molar-refractivity contribution in [3.05, 3.63) is 35.9 Å². The van der Waals surface area contributed by atoms with E-state index in [0.29, 0.717) is 0 Å². The largest absolute Gasteiger partial charge is 0.372 e. The maximum Gasteiger partial charge on any atom is 0.0975 e. The third-order valence-electron chi connectivity index (χ3n) is 4.19. The van der Waals surface area contributed by atoms with Crippen molar-refractivity contribution in [2.45, 2.75) is 57.6 Å². The fourth-order valence-electron chi connectivity index (χ4n) is 3.22. The zero-order valence-electron chi connectivity index (χ0n) is 12.1. The summed E-state index contributed by atoms with van der Waals surface area (Å²) >= 11 is 0. The van der Waals surface area contributed by atoms with E-state index in [-0.39, 0.29) is 12.1 Å². The van der Waals surface area contributed by atoms with Crippen molar-refractivity contribution < 1.29 is 4.74 Å². The molecular weight excluding hydrogens is 234 g/mol. The predicted molar refractivity (Wildman–Crippen MR) is 80.0 cm³/mol. The van der Waals surface area contributed by atoms with Crippen LogP contribution in [0.5, 0.6) is 0 Å². The van der Waals surface area contributed by atoms with Crippen LogP contribution in [-0.2, 0) is 4.74 Å².